The van der Waals surface area contributed by atoms with Gasteiger partial charge in [-0.2, -0.15) is 4.31 Å². The zero-order valence-electron chi connectivity index (χ0n) is 11.6. The van der Waals surface area contributed by atoms with Gasteiger partial charge in [-0.15, -0.1) is 0 Å². The van der Waals surface area contributed by atoms with Crippen LogP contribution in [0.5, 0.6) is 0 Å². The van der Waals surface area contributed by atoms with E-state index in [4.69, 9.17) is 17.0 Å². The van der Waals surface area contributed by atoms with Crippen LogP contribution in [-0.2, 0) is 14.8 Å². The van der Waals surface area contributed by atoms with E-state index < -0.39 is 10.0 Å². The Hall–Kier alpha value is -1.28. The summed E-state index contributed by atoms with van der Waals surface area (Å²) in [6.45, 7) is 3.58. The van der Waals surface area contributed by atoms with Crippen molar-refractivity contribution in [2.24, 2.45) is 0 Å². The third-order valence-electron chi connectivity index (χ3n) is 3.54. The molecule has 0 unspecified atom stereocenters. The molecule has 0 spiro atoms. The lowest BCUT2D eigenvalue weighted by Gasteiger charge is -2.26. The first-order valence-corrected chi connectivity index (χ1v) is 8.55. The first-order chi connectivity index (χ1) is 9.98. The average molecular weight is 324 g/mol. The van der Waals surface area contributed by atoms with Crippen molar-refractivity contribution < 1.29 is 13.2 Å². The molecule has 5 nitrogen and oxygen atoms in total. The monoisotopic (exact) mass is 324 g/mol. The average Bonchev–Trinajstić information content (AvgIpc) is 2.47. The highest BCUT2D eigenvalue weighted by molar-refractivity contribution is 7.89. The van der Waals surface area contributed by atoms with E-state index in [1.807, 2.05) is 13.0 Å². The molecule has 1 aliphatic heterocycles. The molecule has 1 aromatic carbocycles. The zero-order valence-corrected chi connectivity index (χ0v) is 13.3. The number of nitrogens with zero attached hydrogens (tertiary/aromatic N) is 1. The largest absolute Gasteiger partial charge is 0.379 e. The summed E-state index contributed by atoms with van der Waals surface area (Å²) in [4.78, 5) is 3.47. The molecule has 2 heterocycles. The summed E-state index contributed by atoms with van der Waals surface area (Å²) in [5.41, 5.74) is 1.80. The van der Waals surface area contributed by atoms with Crippen LogP contribution >= 0.6 is 12.2 Å². The van der Waals surface area contributed by atoms with Gasteiger partial charge in [-0.3, -0.25) is 0 Å². The fraction of sp³-hybridized carbons (Fsp3) is 0.357. The number of aryl methyl sites for hydroxylation is 1. The number of sulfonamides is 1. The van der Waals surface area contributed by atoms with Crippen LogP contribution in [0, 0.1) is 11.4 Å². The molecule has 2 aromatic rings. The van der Waals surface area contributed by atoms with Gasteiger partial charge in [0.15, 0.2) is 0 Å². The molecule has 1 fully saturated rings. The van der Waals surface area contributed by atoms with E-state index in [1.54, 1.807) is 18.2 Å². The Balaban J connectivity index is 2.10. The third-order valence-corrected chi connectivity index (χ3v) is 5.78. The van der Waals surface area contributed by atoms with Crippen LogP contribution in [0.3, 0.4) is 0 Å². The molecule has 1 aromatic heterocycles. The van der Waals surface area contributed by atoms with Crippen LogP contribution in [0.1, 0.15) is 5.69 Å². The third kappa shape index (κ3) is 2.74. The molecule has 1 saturated heterocycles. The van der Waals surface area contributed by atoms with Gasteiger partial charge in [0.1, 0.15) is 0 Å². The topological polar surface area (TPSA) is 62.4 Å². The summed E-state index contributed by atoms with van der Waals surface area (Å²) in [7, 11) is -3.49. The van der Waals surface area contributed by atoms with E-state index in [-0.39, 0.29) is 4.90 Å². The van der Waals surface area contributed by atoms with Crippen LogP contribution in [0.4, 0.5) is 0 Å². The van der Waals surface area contributed by atoms with Gasteiger partial charge in [0, 0.05) is 34.2 Å². The summed E-state index contributed by atoms with van der Waals surface area (Å²) >= 11 is 5.33. The number of morpholine rings is 1. The molecule has 0 aliphatic carbocycles. The van der Waals surface area contributed by atoms with Crippen LogP contribution in [0.2, 0.25) is 0 Å². The Bertz CT molecular complexity index is 837. The lowest BCUT2D eigenvalue weighted by Crippen LogP contribution is -2.40. The first-order valence-electron chi connectivity index (χ1n) is 6.70. The van der Waals surface area contributed by atoms with Gasteiger partial charge in [0.05, 0.1) is 18.1 Å². The summed E-state index contributed by atoms with van der Waals surface area (Å²) < 4.78 is 32.6. The minimum absolute atomic E-state index is 0.278. The standard InChI is InChI=1S/C14H16N2O3S2/c1-10-8-14(20)12-9-11(2-3-13(12)15-10)21(17,18)16-4-6-19-7-5-16/h2-3,8-9H,4-7H2,1H3,(H,15,20). The number of hydrogen-bond acceptors (Lipinski definition) is 4. The second kappa shape index (κ2) is 5.49. The number of hydrogen-bond donors (Lipinski definition) is 1. The Morgan fingerprint density at radius 1 is 1.24 bits per heavy atom. The van der Waals surface area contributed by atoms with Crippen molar-refractivity contribution in [2.45, 2.75) is 11.8 Å². The molecule has 21 heavy (non-hydrogen) atoms. The smallest absolute Gasteiger partial charge is 0.243 e. The normalized spacial score (nSPS) is 17.2. The molecule has 0 radical (unpaired) electrons. The Kier molecular flexibility index (Phi) is 3.83. The molecule has 1 N–H and O–H groups in total. The van der Waals surface area contributed by atoms with Crippen molar-refractivity contribution in [1.82, 2.24) is 9.29 Å². The highest BCUT2D eigenvalue weighted by Gasteiger charge is 2.26. The van der Waals surface area contributed by atoms with E-state index in [1.165, 1.54) is 4.31 Å². The number of aromatic amines is 1. The molecule has 112 valence electrons. The van der Waals surface area contributed by atoms with Crippen molar-refractivity contribution >= 4 is 33.1 Å². The molecule has 1 aliphatic rings. The van der Waals surface area contributed by atoms with Gasteiger partial charge in [-0.05, 0) is 31.2 Å². The number of pyridine rings is 1. The minimum atomic E-state index is -3.49. The lowest BCUT2D eigenvalue weighted by atomic mass is 10.2. The molecule has 3 rings (SSSR count). The Labute approximate surface area is 128 Å². The van der Waals surface area contributed by atoms with Gasteiger partial charge in [-0.25, -0.2) is 8.42 Å². The zero-order chi connectivity index (χ0) is 15.0. The number of H-pyrrole nitrogens is 1. The highest BCUT2D eigenvalue weighted by atomic mass is 32.2. The van der Waals surface area contributed by atoms with Gasteiger partial charge >= 0.3 is 0 Å². The molecule has 0 saturated carbocycles. The predicted molar refractivity (Wildman–Crippen MR) is 83.4 cm³/mol. The summed E-state index contributed by atoms with van der Waals surface area (Å²) in [5.74, 6) is 0. The van der Waals surface area contributed by atoms with E-state index >= 15 is 0 Å². The molecule has 0 atom stereocenters. The van der Waals surface area contributed by atoms with Crippen LogP contribution < -0.4 is 0 Å². The molecular weight excluding hydrogens is 308 g/mol. The van der Waals surface area contributed by atoms with Crippen molar-refractivity contribution in [1.29, 1.82) is 0 Å². The maximum absolute atomic E-state index is 12.6. The van der Waals surface area contributed by atoms with Crippen LogP contribution in [0.25, 0.3) is 10.9 Å². The maximum Gasteiger partial charge on any atom is 0.243 e. The predicted octanol–water partition coefficient (Wildman–Crippen LogP) is 2.23. The molecule has 0 bridgehead atoms. The summed E-state index contributed by atoms with van der Waals surface area (Å²) in [6.07, 6.45) is 0. The Morgan fingerprint density at radius 3 is 2.67 bits per heavy atom. The number of fused-ring (bicyclic) bond motifs is 1. The number of benzene rings is 1. The van der Waals surface area contributed by atoms with E-state index in [9.17, 15) is 8.42 Å². The molecular formula is C14H16N2O3S2. The SMILES string of the molecule is Cc1cc(=S)c2cc(S(=O)(=O)N3CCOCC3)ccc2[nH]1. The number of aromatic nitrogens is 1. The summed E-state index contributed by atoms with van der Waals surface area (Å²) in [5, 5.41) is 0.755. The van der Waals surface area contributed by atoms with Gasteiger partial charge in [0.2, 0.25) is 10.0 Å². The first kappa shape index (κ1) is 14.6. The number of nitrogens with one attached hydrogen (secondary N) is 1. The highest BCUT2D eigenvalue weighted by Crippen LogP contribution is 2.23. The van der Waals surface area contributed by atoms with Crippen molar-refractivity contribution in [3.63, 3.8) is 0 Å². The summed E-state index contributed by atoms with van der Waals surface area (Å²) in [6, 6.07) is 6.88. The second-order valence-electron chi connectivity index (χ2n) is 5.04. The molecule has 0 amide bonds. The van der Waals surface area contributed by atoms with Crippen LogP contribution in [-0.4, -0.2) is 44.0 Å². The minimum Gasteiger partial charge on any atom is -0.379 e. The van der Waals surface area contributed by atoms with E-state index in [2.05, 4.69) is 4.98 Å². The van der Waals surface area contributed by atoms with Crippen molar-refractivity contribution in [3.8, 4) is 0 Å². The quantitative estimate of drug-likeness (QED) is 0.861. The van der Waals surface area contributed by atoms with Crippen molar-refractivity contribution in [3.05, 3.63) is 34.5 Å². The van der Waals surface area contributed by atoms with Gasteiger partial charge in [-0.1, -0.05) is 12.2 Å². The lowest BCUT2D eigenvalue weighted by molar-refractivity contribution is 0.0730. The maximum atomic E-state index is 12.6. The number of ether oxygens (including phenoxy) is 1. The van der Waals surface area contributed by atoms with Gasteiger partial charge < -0.3 is 9.72 Å². The molecule has 7 heteroatoms. The second-order valence-corrected chi connectivity index (χ2v) is 7.42. The van der Waals surface area contributed by atoms with Crippen molar-refractivity contribution in [2.75, 3.05) is 26.3 Å². The van der Waals surface area contributed by atoms with Gasteiger partial charge in [0.25, 0.3) is 0 Å². The fourth-order valence-corrected chi connectivity index (χ4v) is 4.24. The van der Waals surface area contributed by atoms with E-state index in [0.29, 0.717) is 30.8 Å². The number of rotatable bonds is 2. The fourth-order valence-electron chi connectivity index (χ4n) is 2.46. The van der Waals surface area contributed by atoms with Crippen LogP contribution in [0.15, 0.2) is 29.2 Å². The Morgan fingerprint density at radius 2 is 1.95 bits per heavy atom. The van der Waals surface area contributed by atoms with E-state index in [0.717, 1.165) is 16.6 Å².